The molecule has 0 aromatic carbocycles. The van der Waals surface area contributed by atoms with E-state index in [-0.39, 0.29) is 24.9 Å². The Hall–Kier alpha value is -3.19. The molecule has 0 spiro atoms. The van der Waals surface area contributed by atoms with Crippen LogP contribution in [-0.4, -0.2) is 84.5 Å². The Balaban J connectivity index is 1.03. The van der Waals surface area contributed by atoms with Crippen molar-refractivity contribution < 1.29 is 42.9 Å². The SMILES string of the molecule is CCCCCCCCCCCCCCCCCCOC[C@H](COc1ccc(C#N)cn1)OP(=O)(O)OC1[C@H]2O[C@@](C)(c3ccc4c(N)ncnn34)[C@H](O)[C@@]12O. The highest BCUT2D eigenvalue weighted by molar-refractivity contribution is 7.47. The Morgan fingerprint density at radius 1 is 0.964 bits per heavy atom. The van der Waals surface area contributed by atoms with Crippen LogP contribution in [0.3, 0.4) is 0 Å². The second-order valence-corrected chi connectivity index (χ2v) is 16.4. The van der Waals surface area contributed by atoms with Gasteiger partial charge < -0.3 is 35.1 Å². The van der Waals surface area contributed by atoms with E-state index < -0.39 is 43.4 Å². The lowest BCUT2D eigenvalue weighted by Crippen LogP contribution is -2.46. The number of nitrogen functional groups attached to an aromatic ring is 1. The van der Waals surface area contributed by atoms with Crippen LogP contribution in [0.4, 0.5) is 5.82 Å². The van der Waals surface area contributed by atoms with Crippen LogP contribution in [0.1, 0.15) is 128 Å². The van der Waals surface area contributed by atoms with E-state index in [2.05, 4.69) is 22.0 Å². The molecule has 4 heterocycles. The number of anilines is 1. The molecule has 3 aromatic heterocycles. The number of aliphatic hydroxyl groups excluding tert-OH is 1. The molecule has 304 valence electrons. The number of nitriles is 1. The zero-order chi connectivity index (χ0) is 39.3. The molecule has 1 aliphatic heterocycles. The van der Waals surface area contributed by atoms with Gasteiger partial charge in [0.05, 0.1) is 17.9 Å². The van der Waals surface area contributed by atoms with E-state index in [0.717, 1.165) is 19.3 Å². The molecule has 7 atom stereocenters. The van der Waals surface area contributed by atoms with Crippen molar-refractivity contribution in [1.29, 1.82) is 5.26 Å². The van der Waals surface area contributed by atoms with Gasteiger partial charge in [-0.1, -0.05) is 103 Å². The van der Waals surface area contributed by atoms with Crippen LogP contribution in [-0.2, 0) is 28.7 Å². The highest BCUT2D eigenvalue weighted by atomic mass is 31.2. The standard InChI is InChI=1S/C39H59N6O9P/c1-3-4-5-6-7-8-9-10-11-12-13-14-15-16-17-18-23-50-26-30(27-51-33-22-19-29(24-40)25-42-33)53-55(48,49)54-35-34-39(35,47)37(46)38(2,52-34)32-21-20-31-36(41)43-28-44-45(31)32/h19-22,25,28,30,34-35,37,46-47H,3-18,23,26-27H2,1-2H3,(H,48,49)(H2,41,43,44)/t30-,34-,35?,37+,38+,39+/m1/s1. The third-order valence-corrected chi connectivity index (χ3v) is 11.7. The predicted octanol–water partition coefficient (Wildman–Crippen LogP) is 6.53. The van der Waals surface area contributed by atoms with Crippen LogP contribution < -0.4 is 10.5 Å². The van der Waals surface area contributed by atoms with E-state index in [9.17, 15) is 19.7 Å². The Kier molecular flexibility index (Phi) is 15.8. The third kappa shape index (κ3) is 11.2. The first-order valence-electron chi connectivity index (χ1n) is 20.0. The number of rotatable bonds is 27. The maximum atomic E-state index is 13.3. The molecule has 5 rings (SSSR count). The second kappa shape index (κ2) is 20.3. The van der Waals surface area contributed by atoms with Gasteiger partial charge in [0.2, 0.25) is 5.88 Å². The van der Waals surface area contributed by atoms with E-state index in [1.165, 1.54) is 113 Å². The first kappa shape index (κ1) is 42.9. The number of phosphoric ester groups is 1. The maximum Gasteiger partial charge on any atom is 0.473 e. The Morgan fingerprint density at radius 3 is 2.16 bits per heavy atom. The van der Waals surface area contributed by atoms with Gasteiger partial charge in [0.1, 0.15) is 54.5 Å². The number of nitrogens with two attached hydrogens (primary N) is 1. The van der Waals surface area contributed by atoms with Gasteiger partial charge in [-0.3, -0.25) is 9.05 Å². The number of phosphoric acid groups is 1. The third-order valence-electron chi connectivity index (χ3n) is 10.7. The molecule has 1 saturated carbocycles. The molecule has 0 bridgehead atoms. The number of aliphatic hydroxyl groups is 2. The summed E-state index contributed by atoms with van der Waals surface area (Å²) in [4.78, 5) is 18.9. The average Bonchev–Trinajstić information content (AvgIpc) is 3.41. The predicted molar refractivity (Wildman–Crippen MR) is 205 cm³/mol. The van der Waals surface area contributed by atoms with Gasteiger partial charge in [-0.15, -0.1) is 0 Å². The number of hydrogen-bond acceptors (Lipinski definition) is 13. The second-order valence-electron chi connectivity index (χ2n) is 15.0. The lowest BCUT2D eigenvalue weighted by Gasteiger charge is -2.32. The summed E-state index contributed by atoms with van der Waals surface area (Å²) in [5, 5.41) is 36.0. The van der Waals surface area contributed by atoms with Gasteiger partial charge in [0, 0.05) is 18.9 Å². The van der Waals surface area contributed by atoms with Crippen molar-refractivity contribution in [2.45, 2.75) is 152 Å². The van der Waals surface area contributed by atoms with Crippen molar-refractivity contribution in [3.63, 3.8) is 0 Å². The number of fused-ring (bicyclic) bond motifs is 2. The minimum Gasteiger partial charge on any atom is -0.475 e. The van der Waals surface area contributed by atoms with Gasteiger partial charge in [-0.2, -0.15) is 10.4 Å². The largest absolute Gasteiger partial charge is 0.475 e. The molecule has 2 aliphatic rings. The van der Waals surface area contributed by atoms with Gasteiger partial charge in [-0.25, -0.2) is 19.0 Å². The summed E-state index contributed by atoms with van der Waals surface area (Å²) in [6, 6.07) is 8.35. The summed E-state index contributed by atoms with van der Waals surface area (Å²) in [5.74, 6) is 0.411. The number of unbranched alkanes of at least 4 members (excludes halogenated alkanes) is 15. The monoisotopic (exact) mass is 786 g/mol. The Morgan fingerprint density at radius 2 is 1.60 bits per heavy atom. The molecular weight excluding hydrogens is 727 g/mol. The van der Waals surface area contributed by atoms with E-state index in [0.29, 0.717) is 23.4 Å². The van der Waals surface area contributed by atoms with Crippen molar-refractivity contribution >= 4 is 19.2 Å². The smallest absolute Gasteiger partial charge is 0.473 e. The quantitative estimate of drug-likeness (QED) is 0.0478. The molecule has 16 heteroatoms. The van der Waals surface area contributed by atoms with Crippen molar-refractivity contribution in [3.05, 3.63) is 48.0 Å². The van der Waals surface area contributed by atoms with Crippen molar-refractivity contribution in [2.75, 3.05) is 25.6 Å². The van der Waals surface area contributed by atoms with Gasteiger partial charge in [0.15, 0.2) is 11.4 Å². The maximum absolute atomic E-state index is 13.3. The van der Waals surface area contributed by atoms with E-state index in [4.69, 9.17) is 34.3 Å². The zero-order valence-electron chi connectivity index (χ0n) is 32.3. The lowest BCUT2D eigenvalue weighted by atomic mass is 9.91. The van der Waals surface area contributed by atoms with E-state index in [1.807, 2.05) is 6.07 Å². The molecule has 2 fully saturated rings. The Labute approximate surface area is 324 Å². The molecule has 55 heavy (non-hydrogen) atoms. The van der Waals surface area contributed by atoms with Crippen LogP contribution in [0.5, 0.6) is 5.88 Å². The van der Waals surface area contributed by atoms with Crippen molar-refractivity contribution in [1.82, 2.24) is 19.6 Å². The van der Waals surface area contributed by atoms with Crippen LogP contribution in [0.25, 0.3) is 5.52 Å². The number of ether oxygens (including phenoxy) is 3. The fourth-order valence-corrected chi connectivity index (χ4v) is 8.49. The summed E-state index contributed by atoms with van der Waals surface area (Å²) in [5.41, 5.74) is 3.76. The highest BCUT2D eigenvalue weighted by Gasteiger charge is 2.82. The fourth-order valence-electron chi connectivity index (χ4n) is 7.38. The lowest BCUT2D eigenvalue weighted by molar-refractivity contribution is -0.127. The molecule has 1 aliphatic carbocycles. The zero-order valence-corrected chi connectivity index (χ0v) is 33.2. The Bertz CT molecular complexity index is 1720. The fraction of sp³-hybridized carbons (Fsp3) is 0.692. The first-order valence-corrected chi connectivity index (χ1v) is 21.5. The van der Waals surface area contributed by atoms with Gasteiger partial charge in [-0.05, 0) is 31.5 Å². The van der Waals surface area contributed by atoms with Crippen LogP contribution >= 0.6 is 7.82 Å². The van der Waals surface area contributed by atoms with E-state index >= 15 is 0 Å². The number of aromatic nitrogens is 4. The molecule has 0 amide bonds. The number of nitrogens with zero attached hydrogens (tertiary/aromatic N) is 5. The topological polar surface area (TPSA) is 217 Å². The molecule has 3 aromatic rings. The minimum absolute atomic E-state index is 0.0786. The molecule has 2 unspecified atom stereocenters. The van der Waals surface area contributed by atoms with E-state index in [1.54, 1.807) is 19.1 Å². The summed E-state index contributed by atoms with van der Waals surface area (Å²) in [6.07, 6.45) is 17.7. The van der Waals surface area contributed by atoms with Crippen LogP contribution in [0.15, 0.2) is 36.8 Å². The van der Waals surface area contributed by atoms with Crippen molar-refractivity contribution in [2.24, 2.45) is 0 Å². The molecule has 15 nitrogen and oxygen atoms in total. The molecule has 5 N–H and O–H groups in total. The molecule has 0 radical (unpaired) electrons. The normalized spacial score (nSPS) is 24.7. The first-order chi connectivity index (χ1) is 26.5. The summed E-state index contributed by atoms with van der Waals surface area (Å²) in [6.45, 7) is 3.97. The molecule has 1 saturated heterocycles. The summed E-state index contributed by atoms with van der Waals surface area (Å²) >= 11 is 0. The number of pyridine rings is 1. The van der Waals surface area contributed by atoms with Crippen LogP contribution in [0, 0.1) is 11.3 Å². The van der Waals surface area contributed by atoms with Gasteiger partial charge >= 0.3 is 7.82 Å². The minimum atomic E-state index is -4.86. The van der Waals surface area contributed by atoms with Crippen molar-refractivity contribution in [3.8, 4) is 11.9 Å². The summed E-state index contributed by atoms with van der Waals surface area (Å²) in [7, 11) is -4.86. The van der Waals surface area contributed by atoms with Gasteiger partial charge in [0.25, 0.3) is 0 Å². The average molecular weight is 787 g/mol. The molecular formula is C39H59N6O9P. The number of hydrogen-bond donors (Lipinski definition) is 4. The van der Waals surface area contributed by atoms with Crippen LogP contribution in [0.2, 0.25) is 0 Å². The summed E-state index contributed by atoms with van der Waals surface area (Å²) < 4.78 is 43.3. The highest BCUT2D eigenvalue weighted by Crippen LogP contribution is 2.63.